The van der Waals surface area contributed by atoms with Crippen LogP contribution in [0.25, 0.3) is 0 Å². The van der Waals surface area contributed by atoms with Crippen LogP contribution in [-0.4, -0.2) is 66.8 Å². The van der Waals surface area contributed by atoms with Gasteiger partial charge in [-0.1, -0.05) is 0 Å². The van der Waals surface area contributed by atoms with Gasteiger partial charge in [-0.2, -0.15) is 0 Å². The number of pyridine rings is 1. The predicted molar refractivity (Wildman–Crippen MR) is 91.8 cm³/mol. The number of amides is 1. The number of esters is 1. The number of aliphatic hydroxyl groups is 1. The first-order valence-corrected chi connectivity index (χ1v) is 7.99. The van der Waals surface area contributed by atoms with Crippen LogP contribution in [-0.2, 0) is 20.8 Å². The molecule has 0 spiro atoms. The standard InChI is InChI=1S/C17H26N2O7/c1-17(2,3)26-16(22)19(6-7-20)10-12-8-13(25-11-23-4)14(18-9-12)15(21)24-5/h8-9,20H,6-7,10-11H2,1-5H3. The smallest absolute Gasteiger partial charge is 0.410 e. The molecule has 0 aliphatic heterocycles. The highest BCUT2D eigenvalue weighted by Gasteiger charge is 2.23. The minimum absolute atomic E-state index is 0.000670. The summed E-state index contributed by atoms with van der Waals surface area (Å²) < 4.78 is 20.2. The van der Waals surface area contributed by atoms with E-state index < -0.39 is 17.7 Å². The van der Waals surface area contributed by atoms with Crippen molar-refractivity contribution >= 4 is 12.1 Å². The molecule has 9 heteroatoms. The summed E-state index contributed by atoms with van der Waals surface area (Å²) >= 11 is 0. The van der Waals surface area contributed by atoms with E-state index in [9.17, 15) is 14.7 Å². The largest absolute Gasteiger partial charge is 0.465 e. The van der Waals surface area contributed by atoms with Crippen LogP contribution in [0.5, 0.6) is 5.75 Å². The van der Waals surface area contributed by atoms with Gasteiger partial charge >= 0.3 is 12.1 Å². The number of aromatic nitrogens is 1. The summed E-state index contributed by atoms with van der Waals surface area (Å²) in [4.78, 5) is 29.4. The third kappa shape index (κ3) is 6.85. The Balaban J connectivity index is 3.04. The Morgan fingerprint density at radius 1 is 1.27 bits per heavy atom. The van der Waals surface area contributed by atoms with Gasteiger partial charge in [0.05, 0.1) is 20.3 Å². The minimum atomic E-state index is -0.662. The average Bonchev–Trinajstić information content (AvgIpc) is 2.57. The molecule has 1 amide bonds. The van der Waals surface area contributed by atoms with Gasteiger partial charge in [0, 0.05) is 19.9 Å². The van der Waals surface area contributed by atoms with Gasteiger partial charge in [-0.25, -0.2) is 14.6 Å². The van der Waals surface area contributed by atoms with Crippen molar-refractivity contribution in [1.29, 1.82) is 0 Å². The Morgan fingerprint density at radius 3 is 2.50 bits per heavy atom. The highest BCUT2D eigenvalue weighted by Crippen LogP contribution is 2.21. The predicted octanol–water partition coefficient (Wildman–Crippen LogP) is 1.58. The molecule has 9 nitrogen and oxygen atoms in total. The molecule has 0 atom stereocenters. The summed E-state index contributed by atoms with van der Waals surface area (Å²) in [5.74, 6) is -0.480. The van der Waals surface area contributed by atoms with Crippen molar-refractivity contribution in [3.05, 3.63) is 23.5 Å². The highest BCUT2D eigenvalue weighted by molar-refractivity contribution is 5.90. The van der Waals surface area contributed by atoms with Gasteiger partial charge in [-0.3, -0.25) is 0 Å². The Bertz CT molecular complexity index is 614. The first-order valence-electron chi connectivity index (χ1n) is 7.99. The van der Waals surface area contributed by atoms with Gasteiger partial charge in [0.2, 0.25) is 0 Å². The molecule has 26 heavy (non-hydrogen) atoms. The SMILES string of the molecule is COCOc1cc(CN(CCO)C(=O)OC(C)(C)C)cnc1C(=O)OC. The van der Waals surface area contributed by atoms with Gasteiger partial charge < -0.3 is 29.0 Å². The van der Waals surface area contributed by atoms with E-state index in [4.69, 9.17) is 14.2 Å². The molecule has 0 fully saturated rings. The molecule has 0 aliphatic carbocycles. The first kappa shape index (κ1) is 21.7. The van der Waals surface area contributed by atoms with Gasteiger partial charge in [0.1, 0.15) is 5.60 Å². The van der Waals surface area contributed by atoms with E-state index in [2.05, 4.69) is 9.72 Å². The van der Waals surface area contributed by atoms with E-state index in [0.29, 0.717) is 5.56 Å². The minimum Gasteiger partial charge on any atom is -0.465 e. The molecular formula is C17H26N2O7. The fraction of sp³-hybridized carbons (Fsp3) is 0.588. The molecule has 1 N–H and O–H groups in total. The van der Waals surface area contributed by atoms with Gasteiger partial charge in [-0.05, 0) is 32.4 Å². The van der Waals surface area contributed by atoms with E-state index >= 15 is 0 Å². The van der Waals surface area contributed by atoms with Crippen molar-refractivity contribution in [3.63, 3.8) is 0 Å². The van der Waals surface area contributed by atoms with Crippen molar-refractivity contribution in [2.75, 3.05) is 34.2 Å². The zero-order valence-electron chi connectivity index (χ0n) is 15.8. The van der Waals surface area contributed by atoms with Gasteiger partial charge in [0.15, 0.2) is 18.2 Å². The number of hydrogen-bond acceptors (Lipinski definition) is 8. The van der Waals surface area contributed by atoms with Crippen LogP contribution in [0, 0.1) is 0 Å². The Hall–Kier alpha value is -2.39. The monoisotopic (exact) mass is 370 g/mol. The molecular weight excluding hydrogens is 344 g/mol. The average molecular weight is 370 g/mol. The number of ether oxygens (including phenoxy) is 4. The number of hydrogen-bond donors (Lipinski definition) is 1. The summed E-state index contributed by atoms with van der Waals surface area (Å²) in [6, 6.07) is 1.56. The Labute approximate surface area is 152 Å². The molecule has 0 bridgehead atoms. The molecule has 0 unspecified atom stereocenters. The molecule has 0 radical (unpaired) electrons. The van der Waals surface area contributed by atoms with Crippen LogP contribution >= 0.6 is 0 Å². The zero-order chi connectivity index (χ0) is 19.7. The van der Waals surface area contributed by atoms with Gasteiger partial charge in [0.25, 0.3) is 0 Å². The van der Waals surface area contributed by atoms with Crippen LogP contribution in [0.2, 0.25) is 0 Å². The van der Waals surface area contributed by atoms with E-state index in [1.165, 1.54) is 25.3 Å². The summed E-state index contributed by atoms with van der Waals surface area (Å²) in [6.45, 7) is 5.17. The van der Waals surface area contributed by atoms with E-state index in [0.717, 1.165) is 0 Å². The van der Waals surface area contributed by atoms with Crippen molar-refractivity contribution in [2.24, 2.45) is 0 Å². The van der Waals surface area contributed by atoms with Crippen molar-refractivity contribution in [3.8, 4) is 5.75 Å². The van der Waals surface area contributed by atoms with Crippen LogP contribution in [0.3, 0.4) is 0 Å². The van der Waals surface area contributed by atoms with Crippen LogP contribution in [0.15, 0.2) is 12.3 Å². The van der Waals surface area contributed by atoms with Crippen LogP contribution in [0.1, 0.15) is 36.8 Å². The van der Waals surface area contributed by atoms with Crippen LogP contribution < -0.4 is 4.74 Å². The Morgan fingerprint density at radius 2 is 1.96 bits per heavy atom. The fourth-order valence-corrected chi connectivity index (χ4v) is 1.96. The molecule has 0 saturated carbocycles. The van der Waals surface area contributed by atoms with Crippen molar-refractivity contribution < 1.29 is 33.6 Å². The second-order valence-electron chi connectivity index (χ2n) is 6.36. The van der Waals surface area contributed by atoms with E-state index in [1.54, 1.807) is 26.8 Å². The summed E-state index contributed by atoms with van der Waals surface area (Å²) in [6.07, 6.45) is 0.865. The molecule has 146 valence electrons. The quantitative estimate of drug-likeness (QED) is 0.543. The summed E-state index contributed by atoms with van der Waals surface area (Å²) in [5.41, 5.74) is -0.0767. The molecule has 0 saturated heterocycles. The lowest BCUT2D eigenvalue weighted by molar-refractivity contribution is 0.0199. The van der Waals surface area contributed by atoms with Crippen molar-refractivity contribution in [1.82, 2.24) is 9.88 Å². The first-order chi connectivity index (χ1) is 12.2. The summed E-state index contributed by atoms with van der Waals surface area (Å²) in [7, 11) is 2.68. The number of methoxy groups -OCH3 is 2. The van der Waals surface area contributed by atoms with Crippen molar-refractivity contribution in [2.45, 2.75) is 32.9 Å². The lowest BCUT2D eigenvalue weighted by Gasteiger charge is -2.27. The number of rotatable bonds is 8. The molecule has 0 aromatic carbocycles. The lowest BCUT2D eigenvalue weighted by Crippen LogP contribution is -2.38. The van der Waals surface area contributed by atoms with Crippen LogP contribution in [0.4, 0.5) is 4.79 Å². The number of carbonyl (C=O) groups excluding carboxylic acids is 2. The van der Waals surface area contributed by atoms with E-state index in [-0.39, 0.29) is 37.9 Å². The highest BCUT2D eigenvalue weighted by atomic mass is 16.7. The topological polar surface area (TPSA) is 107 Å². The second-order valence-corrected chi connectivity index (χ2v) is 6.36. The molecule has 1 rings (SSSR count). The number of aliphatic hydroxyl groups excluding tert-OH is 1. The number of nitrogens with zero attached hydrogens (tertiary/aromatic N) is 2. The molecule has 1 aromatic rings. The third-order valence-electron chi connectivity index (χ3n) is 3.02. The summed E-state index contributed by atoms with van der Waals surface area (Å²) in [5, 5.41) is 9.21. The number of carbonyl (C=O) groups is 2. The zero-order valence-corrected chi connectivity index (χ0v) is 15.8. The maximum absolute atomic E-state index is 12.3. The molecule has 0 aliphatic rings. The molecule has 1 aromatic heterocycles. The Kier molecular flexibility index (Phi) is 8.27. The normalized spacial score (nSPS) is 11.0. The third-order valence-corrected chi connectivity index (χ3v) is 3.02. The maximum atomic E-state index is 12.3. The fourth-order valence-electron chi connectivity index (χ4n) is 1.96. The van der Waals surface area contributed by atoms with E-state index in [1.807, 2.05) is 0 Å². The molecule has 1 heterocycles. The second kappa shape index (κ2) is 9.93. The maximum Gasteiger partial charge on any atom is 0.410 e. The van der Waals surface area contributed by atoms with Gasteiger partial charge in [-0.15, -0.1) is 0 Å². The lowest BCUT2D eigenvalue weighted by atomic mass is 10.2.